The fourth-order valence-electron chi connectivity index (χ4n) is 4.79. The van der Waals surface area contributed by atoms with Crippen LogP contribution in [0.5, 0.6) is 0 Å². The Hall–Kier alpha value is -4.71. The van der Waals surface area contributed by atoms with Crippen molar-refractivity contribution in [3.8, 4) is 0 Å². The second-order valence-electron chi connectivity index (χ2n) is 9.75. The van der Waals surface area contributed by atoms with Crippen molar-refractivity contribution in [2.75, 3.05) is 29.0 Å². The predicted octanol–water partition coefficient (Wildman–Crippen LogP) is 4.44. The summed E-state index contributed by atoms with van der Waals surface area (Å²) >= 11 is 6.35. The molecular formula is C27H26ClN9O3. The SMILES string of the molecule is Cc1cc(C(=O)N2CC[C@H](NC(=O)Nc3ccc4cc3CCc3cncc(c3)Nc3ncc(Cl)c(n3)N4)C2)no1. The van der Waals surface area contributed by atoms with E-state index in [1.54, 1.807) is 24.1 Å². The zero-order valence-corrected chi connectivity index (χ0v) is 22.3. The summed E-state index contributed by atoms with van der Waals surface area (Å²) in [5.74, 6) is 1.21. The van der Waals surface area contributed by atoms with Gasteiger partial charge in [-0.05, 0) is 61.6 Å². The molecule has 12 nitrogen and oxygen atoms in total. The largest absolute Gasteiger partial charge is 0.361 e. The zero-order chi connectivity index (χ0) is 27.6. The van der Waals surface area contributed by atoms with Crippen LogP contribution in [-0.4, -0.2) is 56.1 Å². The predicted molar refractivity (Wildman–Crippen MR) is 149 cm³/mol. The molecule has 0 aliphatic carbocycles. The van der Waals surface area contributed by atoms with E-state index in [4.69, 9.17) is 16.1 Å². The van der Waals surface area contributed by atoms with E-state index in [0.717, 1.165) is 22.5 Å². The van der Waals surface area contributed by atoms with Crippen LogP contribution in [0.15, 0.2) is 53.4 Å². The maximum Gasteiger partial charge on any atom is 0.319 e. The van der Waals surface area contributed by atoms with Gasteiger partial charge >= 0.3 is 6.03 Å². The van der Waals surface area contributed by atoms with Gasteiger partial charge in [0.1, 0.15) is 10.8 Å². The minimum absolute atomic E-state index is 0.182. The van der Waals surface area contributed by atoms with Crippen LogP contribution >= 0.6 is 11.6 Å². The summed E-state index contributed by atoms with van der Waals surface area (Å²) in [6, 6.07) is 8.74. The van der Waals surface area contributed by atoms with Crippen molar-refractivity contribution >= 4 is 52.4 Å². The van der Waals surface area contributed by atoms with Crippen LogP contribution in [0, 0.1) is 6.92 Å². The highest BCUT2D eigenvalue weighted by atomic mass is 35.5. The Morgan fingerprint density at radius 1 is 1.10 bits per heavy atom. The molecule has 13 heteroatoms. The number of likely N-dealkylation sites (tertiary alicyclic amines) is 1. The fourth-order valence-corrected chi connectivity index (χ4v) is 4.93. The average molecular weight is 560 g/mol. The van der Waals surface area contributed by atoms with E-state index in [1.807, 2.05) is 30.5 Å². The number of pyridine rings is 1. The number of urea groups is 1. The summed E-state index contributed by atoms with van der Waals surface area (Å²) in [6.07, 6.45) is 7.04. The minimum atomic E-state index is -0.340. The van der Waals surface area contributed by atoms with E-state index in [2.05, 4.69) is 41.4 Å². The molecule has 3 aromatic heterocycles. The fraction of sp³-hybridized carbons (Fsp3) is 0.259. The number of carbonyl (C=O) groups excluding carboxylic acids is 2. The van der Waals surface area contributed by atoms with Gasteiger partial charge in [0.2, 0.25) is 5.95 Å². The average Bonchev–Trinajstić information content (AvgIpc) is 3.59. The van der Waals surface area contributed by atoms with Gasteiger partial charge in [0.05, 0.1) is 18.1 Å². The number of hydrogen-bond acceptors (Lipinski definition) is 9. The lowest BCUT2D eigenvalue weighted by molar-refractivity contribution is 0.0779. The van der Waals surface area contributed by atoms with Gasteiger partial charge in [-0.2, -0.15) is 4.98 Å². The van der Waals surface area contributed by atoms with Crippen molar-refractivity contribution in [2.45, 2.75) is 32.2 Å². The van der Waals surface area contributed by atoms with Crippen molar-refractivity contribution in [3.63, 3.8) is 0 Å². The second kappa shape index (κ2) is 10.8. The third-order valence-corrected chi connectivity index (χ3v) is 7.03. The third-order valence-electron chi connectivity index (χ3n) is 6.75. The maximum atomic E-state index is 13.0. The number of rotatable bonds is 3. The van der Waals surface area contributed by atoms with Crippen LogP contribution in [0.25, 0.3) is 0 Å². The summed E-state index contributed by atoms with van der Waals surface area (Å²) in [7, 11) is 0. The summed E-state index contributed by atoms with van der Waals surface area (Å²) < 4.78 is 5.02. The lowest BCUT2D eigenvalue weighted by Gasteiger charge is -2.18. The number of carbonyl (C=O) groups is 2. The molecule has 6 rings (SSSR count). The number of amides is 3. The number of fused-ring (bicyclic) bond motifs is 6. The Kier molecular flexibility index (Phi) is 6.91. The Morgan fingerprint density at radius 2 is 2.00 bits per heavy atom. The molecule has 0 radical (unpaired) electrons. The molecule has 3 amide bonds. The quantitative estimate of drug-likeness (QED) is 0.285. The number of nitrogens with one attached hydrogen (secondary N) is 4. The van der Waals surface area contributed by atoms with Crippen molar-refractivity contribution in [2.24, 2.45) is 0 Å². The van der Waals surface area contributed by atoms with Crippen LogP contribution in [-0.2, 0) is 12.8 Å². The van der Waals surface area contributed by atoms with E-state index in [0.29, 0.717) is 60.6 Å². The molecule has 4 aromatic rings. The van der Waals surface area contributed by atoms with E-state index in [-0.39, 0.29) is 23.7 Å². The number of benzene rings is 1. The van der Waals surface area contributed by atoms with Gasteiger partial charge < -0.3 is 30.7 Å². The number of halogens is 1. The van der Waals surface area contributed by atoms with Gasteiger partial charge in [-0.1, -0.05) is 16.8 Å². The lowest BCUT2D eigenvalue weighted by Crippen LogP contribution is -2.40. The first-order valence-corrected chi connectivity index (χ1v) is 13.2. The highest BCUT2D eigenvalue weighted by Crippen LogP contribution is 2.29. The summed E-state index contributed by atoms with van der Waals surface area (Å²) in [4.78, 5) is 40.4. The van der Waals surface area contributed by atoms with Crippen LogP contribution in [0.2, 0.25) is 5.02 Å². The van der Waals surface area contributed by atoms with E-state index in [1.165, 1.54) is 6.20 Å². The normalized spacial score (nSPS) is 16.1. The highest BCUT2D eigenvalue weighted by molar-refractivity contribution is 6.32. The number of nitrogens with zero attached hydrogens (tertiary/aromatic N) is 5. The van der Waals surface area contributed by atoms with Crippen molar-refractivity contribution in [1.29, 1.82) is 0 Å². The topological polar surface area (TPSA) is 150 Å². The highest BCUT2D eigenvalue weighted by Gasteiger charge is 2.29. The number of anilines is 5. The molecular weight excluding hydrogens is 534 g/mol. The molecule has 2 aliphatic rings. The molecule has 1 saturated heterocycles. The summed E-state index contributed by atoms with van der Waals surface area (Å²) in [5, 5.41) is 16.6. The first-order chi connectivity index (χ1) is 19.4. The molecule has 1 atom stereocenters. The van der Waals surface area contributed by atoms with E-state index in [9.17, 15) is 9.59 Å². The standard InChI is InChI=1S/C27H26ClN9O3/c1-15-8-23(36-40-15)25(38)37-7-6-19(14-37)33-27(39)34-22-5-4-18-10-17(22)3-2-16-9-20(12-29-11-16)32-26-30-13-21(28)24(31-18)35-26/h4-5,8-13,19H,2-3,6-7,14H2,1H3,(H2,33,34,39)(H2,30,31,32,35)/t19-/m0/s1. The van der Waals surface area contributed by atoms with E-state index < -0.39 is 0 Å². The smallest absolute Gasteiger partial charge is 0.319 e. The van der Waals surface area contributed by atoms with Gasteiger partial charge in [-0.15, -0.1) is 0 Å². The van der Waals surface area contributed by atoms with E-state index >= 15 is 0 Å². The monoisotopic (exact) mass is 559 g/mol. The lowest BCUT2D eigenvalue weighted by atomic mass is 10.0. The van der Waals surface area contributed by atoms with Crippen molar-refractivity contribution in [3.05, 3.63) is 76.5 Å². The first-order valence-electron chi connectivity index (χ1n) is 12.8. The Bertz CT molecular complexity index is 1590. The Balaban J connectivity index is 1.18. The van der Waals surface area contributed by atoms with Crippen molar-refractivity contribution in [1.82, 2.24) is 30.3 Å². The molecule has 204 valence electrons. The van der Waals surface area contributed by atoms with Crippen molar-refractivity contribution < 1.29 is 14.1 Å². The molecule has 5 heterocycles. The number of aromatic nitrogens is 4. The summed E-state index contributed by atoms with van der Waals surface area (Å²) in [5.41, 5.74) is 4.42. The third kappa shape index (κ3) is 5.66. The van der Waals surface area contributed by atoms with Gasteiger partial charge in [0.25, 0.3) is 5.91 Å². The number of aryl methyl sites for hydroxylation is 3. The zero-order valence-electron chi connectivity index (χ0n) is 21.6. The molecule has 40 heavy (non-hydrogen) atoms. The molecule has 1 fully saturated rings. The molecule has 2 aliphatic heterocycles. The van der Waals surface area contributed by atoms with Crippen LogP contribution < -0.4 is 21.3 Å². The minimum Gasteiger partial charge on any atom is -0.361 e. The van der Waals surface area contributed by atoms with Gasteiger partial charge in [-0.25, -0.2) is 9.78 Å². The molecule has 6 bridgehead atoms. The van der Waals surface area contributed by atoms with Crippen LogP contribution in [0.1, 0.15) is 33.8 Å². The molecule has 0 spiro atoms. The van der Waals surface area contributed by atoms with Crippen LogP contribution in [0.3, 0.4) is 0 Å². The Labute approximate surface area is 234 Å². The van der Waals surface area contributed by atoms with Crippen LogP contribution in [0.4, 0.5) is 33.6 Å². The summed E-state index contributed by atoms with van der Waals surface area (Å²) in [6.45, 7) is 2.66. The number of hydrogen-bond donors (Lipinski definition) is 4. The molecule has 0 saturated carbocycles. The molecule has 1 aromatic carbocycles. The molecule has 0 unspecified atom stereocenters. The second-order valence-corrected chi connectivity index (χ2v) is 10.2. The molecule has 4 N–H and O–H groups in total. The van der Waals surface area contributed by atoms with Gasteiger partial charge in [-0.3, -0.25) is 9.78 Å². The first kappa shape index (κ1) is 25.6. The van der Waals surface area contributed by atoms with Gasteiger partial charge in [0, 0.05) is 42.8 Å². The van der Waals surface area contributed by atoms with Gasteiger partial charge in [0.15, 0.2) is 11.5 Å². The maximum absolute atomic E-state index is 13.0. The Morgan fingerprint density at radius 3 is 2.85 bits per heavy atom.